The third-order valence-corrected chi connectivity index (χ3v) is 4.28. The van der Waals surface area contributed by atoms with Crippen LogP contribution in [-0.4, -0.2) is 46.6 Å². The van der Waals surface area contributed by atoms with Crippen LogP contribution in [0.1, 0.15) is 43.9 Å². The number of carbonyl (C=O) groups excluding carboxylic acids is 1. The van der Waals surface area contributed by atoms with Crippen molar-refractivity contribution >= 4 is 18.3 Å². The van der Waals surface area contributed by atoms with Crippen LogP contribution >= 0.6 is 12.4 Å². The number of hydrogen-bond acceptors (Lipinski definition) is 5. The average Bonchev–Trinajstić information content (AvgIpc) is 3.01. The quantitative estimate of drug-likeness (QED) is 0.888. The Morgan fingerprint density at radius 1 is 1.38 bits per heavy atom. The van der Waals surface area contributed by atoms with Crippen LogP contribution in [0.25, 0.3) is 11.4 Å². The van der Waals surface area contributed by atoms with Gasteiger partial charge in [0, 0.05) is 43.2 Å². The molecule has 0 bridgehead atoms. The fourth-order valence-corrected chi connectivity index (χ4v) is 3.00. The Kier molecular flexibility index (Phi) is 6.42. The first-order valence-electron chi connectivity index (χ1n) is 8.78. The van der Waals surface area contributed by atoms with E-state index in [0.29, 0.717) is 17.3 Å². The summed E-state index contributed by atoms with van der Waals surface area (Å²) >= 11 is 0. The molecule has 1 unspecified atom stereocenters. The molecule has 26 heavy (non-hydrogen) atoms. The third kappa shape index (κ3) is 4.83. The summed E-state index contributed by atoms with van der Waals surface area (Å²) in [5, 5.41) is 7.38. The molecule has 1 amide bonds. The van der Waals surface area contributed by atoms with E-state index in [1.807, 2.05) is 29.2 Å². The SMILES string of the molecule is CC1CNCCN1C(=O)c1cccc(-c2noc(CC(C)(C)C)n2)c1.Cl. The van der Waals surface area contributed by atoms with Gasteiger partial charge < -0.3 is 14.7 Å². The van der Waals surface area contributed by atoms with Gasteiger partial charge >= 0.3 is 0 Å². The summed E-state index contributed by atoms with van der Waals surface area (Å²) in [6.07, 6.45) is 0.719. The van der Waals surface area contributed by atoms with Gasteiger partial charge in [0.15, 0.2) is 0 Å². The first-order valence-corrected chi connectivity index (χ1v) is 8.78. The fraction of sp³-hybridized carbons (Fsp3) is 0.526. The Balaban J connectivity index is 0.00000243. The van der Waals surface area contributed by atoms with Crippen molar-refractivity contribution in [3.8, 4) is 11.4 Å². The van der Waals surface area contributed by atoms with Crippen molar-refractivity contribution in [3.05, 3.63) is 35.7 Å². The number of carbonyl (C=O) groups is 1. The van der Waals surface area contributed by atoms with E-state index in [-0.39, 0.29) is 29.8 Å². The number of piperazine rings is 1. The molecular weight excluding hydrogens is 352 g/mol. The summed E-state index contributed by atoms with van der Waals surface area (Å²) in [7, 11) is 0. The molecule has 0 saturated carbocycles. The summed E-state index contributed by atoms with van der Waals surface area (Å²) in [6.45, 7) is 10.8. The maximum absolute atomic E-state index is 12.8. The molecule has 1 aliphatic heterocycles. The molecule has 3 rings (SSSR count). The largest absolute Gasteiger partial charge is 0.339 e. The Morgan fingerprint density at radius 2 is 2.15 bits per heavy atom. The number of amides is 1. The average molecular weight is 379 g/mol. The van der Waals surface area contributed by atoms with Crippen molar-refractivity contribution in [2.45, 2.75) is 40.2 Å². The standard InChI is InChI=1S/C19H26N4O2.ClH/c1-13-12-20-8-9-23(13)18(24)15-7-5-6-14(10-15)17-21-16(25-22-17)11-19(2,3)4;/h5-7,10,13,20H,8-9,11-12H2,1-4H3;1H. The maximum atomic E-state index is 12.8. The van der Waals surface area contributed by atoms with E-state index in [0.717, 1.165) is 31.6 Å². The van der Waals surface area contributed by atoms with Gasteiger partial charge in [-0.15, -0.1) is 12.4 Å². The number of nitrogens with zero attached hydrogens (tertiary/aromatic N) is 3. The van der Waals surface area contributed by atoms with Gasteiger partial charge in [0.25, 0.3) is 5.91 Å². The van der Waals surface area contributed by atoms with E-state index < -0.39 is 0 Å². The maximum Gasteiger partial charge on any atom is 0.254 e. The second-order valence-corrected chi connectivity index (χ2v) is 7.88. The van der Waals surface area contributed by atoms with Crippen LogP contribution < -0.4 is 5.32 Å². The van der Waals surface area contributed by atoms with E-state index in [1.54, 1.807) is 0 Å². The summed E-state index contributed by atoms with van der Waals surface area (Å²) in [6, 6.07) is 7.66. The molecule has 2 heterocycles. The van der Waals surface area contributed by atoms with E-state index in [2.05, 4.69) is 43.2 Å². The highest BCUT2D eigenvalue weighted by atomic mass is 35.5. The van der Waals surface area contributed by atoms with Crippen LogP contribution in [0, 0.1) is 5.41 Å². The normalized spacial score (nSPS) is 17.7. The predicted molar refractivity (Wildman–Crippen MR) is 104 cm³/mol. The van der Waals surface area contributed by atoms with E-state index in [9.17, 15) is 4.79 Å². The highest BCUT2D eigenvalue weighted by Crippen LogP contribution is 2.23. The molecule has 1 aromatic carbocycles. The van der Waals surface area contributed by atoms with Gasteiger partial charge in [-0.3, -0.25) is 4.79 Å². The van der Waals surface area contributed by atoms with Gasteiger partial charge in [-0.1, -0.05) is 38.1 Å². The van der Waals surface area contributed by atoms with Crippen molar-refractivity contribution < 1.29 is 9.32 Å². The zero-order chi connectivity index (χ0) is 18.0. The van der Waals surface area contributed by atoms with Gasteiger partial charge in [-0.2, -0.15) is 4.98 Å². The van der Waals surface area contributed by atoms with Crippen molar-refractivity contribution in [2.24, 2.45) is 5.41 Å². The van der Waals surface area contributed by atoms with Crippen LogP contribution in [0.5, 0.6) is 0 Å². The van der Waals surface area contributed by atoms with Gasteiger partial charge in [0.05, 0.1) is 0 Å². The molecule has 6 nitrogen and oxygen atoms in total. The Hall–Kier alpha value is -1.92. The minimum atomic E-state index is 0. The first kappa shape index (κ1) is 20.4. The van der Waals surface area contributed by atoms with Crippen LogP contribution in [0.3, 0.4) is 0 Å². The van der Waals surface area contributed by atoms with Crippen molar-refractivity contribution in [2.75, 3.05) is 19.6 Å². The highest BCUT2D eigenvalue weighted by molar-refractivity contribution is 5.95. The molecule has 7 heteroatoms. The molecule has 0 aliphatic carbocycles. The number of hydrogen-bond donors (Lipinski definition) is 1. The van der Waals surface area contributed by atoms with Crippen LogP contribution in [0.15, 0.2) is 28.8 Å². The second-order valence-electron chi connectivity index (χ2n) is 7.88. The number of benzene rings is 1. The molecule has 1 N–H and O–H groups in total. The third-order valence-electron chi connectivity index (χ3n) is 4.28. The molecule has 1 aromatic heterocycles. The summed E-state index contributed by atoms with van der Waals surface area (Å²) in [5.41, 5.74) is 1.55. The molecule has 1 fully saturated rings. The second kappa shape index (κ2) is 8.18. The summed E-state index contributed by atoms with van der Waals surface area (Å²) in [5.74, 6) is 1.20. The monoisotopic (exact) mass is 378 g/mol. The highest BCUT2D eigenvalue weighted by Gasteiger charge is 2.24. The molecular formula is C19H27ClN4O2. The zero-order valence-corrected chi connectivity index (χ0v) is 16.6. The van der Waals surface area contributed by atoms with Crippen LogP contribution in [-0.2, 0) is 6.42 Å². The Morgan fingerprint density at radius 3 is 2.85 bits per heavy atom. The minimum Gasteiger partial charge on any atom is -0.339 e. The fourth-order valence-electron chi connectivity index (χ4n) is 3.00. The molecule has 2 aromatic rings. The van der Waals surface area contributed by atoms with E-state index >= 15 is 0 Å². The van der Waals surface area contributed by atoms with E-state index in [1.165, 1.54) is 0 Å². The lowest BCUT2D eigenvalue weighted by Gasteiger charge is -2.34. The molecule has 142 valence electrons. The number of nitrogens with one attached hydrogen (secondary N) is 1. The van der Waals surface area contributed by atoms with Gasteiger partial charge in [0.2, 0.25) is 11.7 Å². The molecule has 1 aliphatic rings. The minimum absolute atomic E-state index is 0. The summed E-state index contributed by atoms with van der Waals surface area (Å²) < 4.78 is 5.36. The smallest absolute Gasteiger partial charge is 0.254 e. The molecule has 1 saturated heterocycles. The molecule has 0 radical (unpaired) electrons. The van der Waals surface area contributed by atoms with Crippen molar-refractivity contribution in [3.63, 3.8) is 0 Å². The lowest BCUT2D eigenvalue weighted by atomic mass is 9.92. The number of halogens is 1. The summed E-state index contributed by atoms with van der Waals surface area (Å²) in [4.78, 5) is 19.2. The molecule has 0 spiro atoms. The Labute approximate surface area is 160 Å². The van der Waals surface area contributed by atoms with Crippen molar-refractivity contribution in [1.82, 2.24) is 20.4 Å². The predicted octanol–water partition coefficient (Wildman–Crippen LogP) is 3.18. The van der Waals surface area contributed by atoms with Gasteiger partial charge in [-0.05, 0) is 24.5 Å². The van der Waals surface area contributed by atoms with Gasteiger partial charge in [0.1, 0.15) is 0 Å². The van der Waals surface area contributed by atoms with Crippen LogP contribution in [0.2, 0.25) is 0 Å². The van der Waals surface area contributed by atoms with Gasteiger partial charge in [-0.25, -0.2) is 0 Å². The lowest BCUT2D eigenvalue weighted by molar-refractivity contribution is 0.0656. The number of aromatic nitrogens is 2. The lowest BCUT2D eigenvalue weighted by Crippen LogP contribution is -2.52. The topological polar surface area (TPSA) is 71.3 Å². The first-order chi connectivity index (χ1) is 11.8. The molecule has 1 atom stereocenters. The Bertz CT molecular complexity index is 754. The van der Waals surface area contributed by atoms with E-state index in [4.69, 9.17) is 4.52 Å². The van der Waals surface area contributed by atoms with Crippen molar-refractivity contribution in [1.29, 1.82) is 0 Å². The zero-order valence-electron chi connectivity index (χ0n) is 15.8. The van der Waals surface area contributed by atoms with Crippen LogP contribution in [0.4, 0.5) is 0 Å². The number of rotatable bonds is 3.